The highest BCUT2D eigenvalue weighted by atomic mass is 35.5. The quantitative estimate of drug-likeness (QED) is 0.636. The molecule has 1 aliphatic rings. The molecule has 0 spiro atoms. The highest BCUT2D eigenvalue weighted by Gasteiger charge is 2.31. The minimum Gasteiger partial charge on any atom is -0.263 e. The fourth-order valence-electron chi connectivity index (χ4n) is 3.38. The van der Waals surface area contributed by atoms with Crippen molar-refractivity contribution in [1.29, 1.82) is 0 Å². The van der Waals surface area contributed by atoms with Crippen molar-refractivity contribution >= 4 is 38.1 Å². The highest BCUT2D eigenvalue weighted by molar-refractivity contribution is 7.99. The Morgan fingerprint density at radius 2 is 1.33 bits per heavy atom. The summed E-state index contributed by atoms with van der Waals surface area (Å²) in [6, 6.07) is 16.2. The Morgan fingerprint density at radius 3 is 1.75 bits per heavy atom. The van der Waals surface area contributed by atoms with Gasteiger partial charge in [0, 0.05) is 16.2 Å². The second-order valence-corrected chi connectivity index (χ2v) is 10.4. The van der Waals surface area contributed by atoms with E-state index in [1.807, 2.05) is 24.3 Å². The van der Waals surface area contributed by atoms with Crippen LogP contribution in [0, 0.1) is 5.41 Å². The summed E-state index contributed by atoms with van der Waals surface area (Å²) in [6.07, 6.45) is 3.76. The van der Waals surface area contributed by atoms with Gasteiger partial charge in [-0.05, 0) is 80.2 Å². The van der Waals surface area contributed by atoms with E-state index in [0.717, 1.165) is 22.8 Å². The molecule has 126 valence electrons. The van der Waals surface area contributed by atoms with E-state index >= 15 is 0 Å². The van der Waals surface area contributed by atoms with Gasteiger partial charge in [-0.25, -0.2) is 0 Å². The van der Waals surface area contributed by atoms with Crippen molar-refractivity contribution in [1.82, 2.24) is 0 Å². The predicted molar refractivity (Wildman–Crippen MR) is 107 cm³/mol. The monoisotopic (exact) mass is 358 g/mol. The molecule has 1 atom stereocenters. The van der Waals surface area contributed by atoms with E-state index in [1.54, 1.807) is 6.26 Å². The van der Waals surface area contributed by atoms with Crippen LogP contribution in [0.2, 0.25) is 5.02 Å². The Bertz CT molecular complexity index is 886. The maximum absolute atomic E-state index is 12.1. The van der Waals surface area contributed by atoms with Crippen molar-refractivity contribution in [3.05, 3.63) is 64.7 Å². The van der Waals surface area contributed by atoms with E-state index in [-0.39, 0.29) is 5.41 Å². The van der Waals surface area contributed by atoms with E-state index in [4.69, 9.17) is 11.6 Å². The molecule has 0 fully saturated rings. The Labute approximate surface area is 150 Å². The average Bonchev–Trinajstić information content (AvgIpc) is 2.83. The van der Waals surface area contributed by atoms with Gasteiger partial charge in [0.05, 0.1) is 0 Å². The lowest BCUT2D eigenvalue weighted by atomic mass is 9.87. The SMILES string of the molecule is C=S(C)(=O)c1ccc(C2=C(c3ccc(Cl)cc3)CC(C)(C)C2)cc1. The van der Waals surface area contributed by atoms with Crippen LogP contribution in [0.5, 0.6) is 0 Å². The molecule has 0 aromatic heterocycles. The maximum Gasteiger partial charge on any atom is 0.0406 e. The number of rotatable bonds is 3. The van der Waals surface area contributed by atoms with Crippen molar-refractivity contribution in [3.8, 4) is 0 Å². The van der Waals surface area contributed by atoms with Crippen LogP contribution >= 0.6 is 11.6 Å². The molecule has 2 aromatic rings. The van der Waals surface area contributed by atoms with Gasteiger partial charge in [-0.2, -0.15) is 0 Å². The third kappa shape index (κ3) is 3.60. The zero-order valence-corrected chi connectivity index (χ0v) is 16.0. The molecular weight excluding hydrogens is 336 g/mol. The summed E-state index contributed by atoms with van der Waals surface area (Å²) in [5, 5.41) is 0.760. The first-order valence-electron chi connectivity index (χ1n) is 8.06. The number of hydrogen-bond acceptors (Lipinski definition) is 1. The van der Waals surface area contributed by atoms with Crippen molar-refractivity contribution < 1.29 is 4.21 Å². The average molecular weight is 359 g/mol. The van der Waals surface area contributed by atoms with Gasteiger partial charge in [0.1, 0.15) is 0 Å². The molecule has 0 bridgehead atoms. The molecule has 0 saturated carbocycles. The van der Waals surface area contributed by atoms with Crippen molar-refractivity contribution in [2.45, 2.75) is 31.6 Å². The minimum absolute atomic E-state index is 0.244. The number of hydrogen-bond donors (Lipinski definition) is 0. The molecule has 3 heteroatoms. The molecule has 0 heterocycles. The van der Waals surface area contributed by atoms with Gasteiger partial charge >= 0.3 is 0 Å². The van der Waals surface area contributed by atoms with Crippen LogP contribution in [0.1, 0.15) is 37.8 Å². The molecule has 0 N–H and O–H groups in total. The molecule has 1 unspecified atom stereocenters. The maximum atomic E-state index is 12.1. The van der Waals surface area contributed by atoms with Crippen LogP contribution in [-0.2, 0) is 9.52 Å². The van der Waals surface area contributed by atoms with Gasteiger partial charge in [0.15, 0.2) is 0 Å². The van der Waals surface area contributed by atoms with Gasteiger partial charge in [-0.15, -0.1) is 0 Å². The smallest absolute Gasteiger partial charge is 0.0406 e. The molecule has 0 aliphatic heterocycles. The molecular formula is C21H23ClOS. The van der Waals surface area contributed by atoms with E-state index in [2.05, 4.69) is 44.0 Å². The third-order valence-corrected chi connectivity index (χ3v) is 6.09. The van der Waals surface area contributed by atoms with Gasteiger partial charge in [0.2, 0.25) is 0 Å². The van der Waals surface area contributed by atoms with E-state index in [9.17, 15) is 4.21 Å². The number of benzene rings is 2. The first-order valence-corrected chi connectivity index (χ1v) is 10.6. The fourth-order valence-corrected chi connectivity index (χ4v) is 4.22. The normalized spacial score (nSPS) is 19.3. The molecule has 2 aromatic carbocycles. The van der Waals surface area contributed by atoms with Crippen LogP contribution in [0.4, 0.5) is 0 Å². The number of allylic oxidation sites excluding steroid dienone is 2. The first kappa shape index (κ1) is 17.3. The van der Waals surface area contributed by atoms with Crippen LogP contribution in [0.15, 0.2) is 53.4 Å². The first-order chi connectivity index (χ1) is 11.2. The van der Waals surface area contributed by atoms with E-state index in [0.29, 0.717) is 0 Å². The third-order valence-electron chi connectivity index (χ3n) is 4.57. The topological polar surface area (TPSA) is 17.1 Å². The Kier molecular flexibility index (Phi) is 4.39. The second kappa shape index (κ2) is 6.09. The van der Waals surface area contributed by atoms with E-state index in [1.165, 1.54) is 22.3 Å². The molecule has 1 nitrogen and oxygen atoms in total. The largest absolute Gasteiger partial charge is 0.263 e. The fraction of sp³-hybridized carbons (Fsp3) is 0.286. The molecule has 1 aliphatic carbocycles. The van der Waals surface area contributed by atoms with Crippen molar-refractivity contribution in [2.24, 2.45) is 5.41 Å². The molecule has 0 saturated heterocycles. The summed E-state index contributed by atoms with van der Waals surface area (Å²) >= 11 is 6.04. The van der Waals surface area contributed by atoms with Gasteiger partial charge in [-0.1, -0.05) is 49.7 Å². The standard InChI is InChI=1S/C21H23ClOS/c1-21(2)13-19(15-5-9-17(22)10-6-15)20(14-21)16-7-11-18(12-8-16)24(3,4)23/h5-12H,3,13-14H2,1-2,4H3. The lowest BCUT2D eigenvalue weighted by Gasteiger charge is -2.17. The molecule has 0 radical (unpaired) electrons. The Hall–Kier alpha value is -1.51. The summed E-state index contributed by atoms with van der Waals surface area (Å²) < 4.78 is 12.1. The number of halogens is 1. The second-order valence-electron chi connectivity index (χ2n) is 7.51. The highest BCUT2D eigenvalue weighted by Crippen LogP contribution is 2.49. The van der Waals surface area contributed by atoms with Crippen LogP contribution < -0.4 is 0 Å². The Balaban J connectivity index is 2.07. The lowest BCUT2D eigenvalue weighted by molar-refractivity contribution is 0.406. The summed E-state index contributed by atoms with van der Waals surface area (Å²) in [5.41, 5.74) is 5.45. The zero-order valence-electron chi connectivity index (χ0n) is 14.4. The van der Waals surface area contributed by atoms with Crippen molar-refractivity contribution in [2.75, 3.05) is 6.26 Å². The molecule has 0 amide bonds. The summed E-state index contributed by atoms with van der Waals surface area (Å²) in [7, 11) is -2.17. The summed E-state index contributed by atoms with van der Waals surface area (Å²) in [6.45, 7) is 4.61. The van der Waals surface area contributed by atoms with Crippen LogP contribution in [0.3, 0.4) is 0 Å². The van der Waals surface area contributed by atoms with Crippen LogP contribution in [0.25, 0.3) is 11.1 Å². The van der Waals surface area contributed by atoms with Gasteiger partial charge in [-0.3, -0.25) is 4.21 Å². The lowest BCUT2D eigenvalue weighted by Crippen LogP contribution is -2.05. The Morgan fingerprint density at radius 1 is 0.917 bits per heavy atom. The van der Waals surface area contributed by atoms with Crippen LogP contribution in [-0.4, -0.2) is 16.3 Å². The minimum atomic E-state index is -2.17. The zero-order chi connectivity index (χ0) is 17.5. The molecule has 3 rings (SSSR count). The summed E-state index contributed by atoms with van der Waals surface area (Å²) in [4.78, 5) is 0.803. The molecule has 24 heavy (non-hydrogen) atoms. The van der Waals surface area contributed by atoms with Gasteiger partial charge in [0.25, 0.3) is 0 Å². The summed E-state index contributed by atoms with van der Waals surface area (Å²) in [5.74, 6) is 3.76. The predicted octanol–water partition coefficient (Wildman–Crippen LogP) is 5.78. The van der Waals surface area contributed by atoms with Gasteiger partial charge < -0.3 is 0 Å². The van der Waals surface area contributed by atoms with E-state index < -0.39 is 9.52 Å². The van der Waals surface area contributed by atoms with Crippen molar-refractivity contribution in [3.63, 3.8) is 0 Å².